The summed E-state index contributed by atoms with van der Waals surface area (Å²) in [5, 5.41) is 6.73. The van der Waals surface area contributed by atoms with Crippen molar-refractivity contribution in [2.75, 3.05) is 17.2 Å². The minimum Gasteiger partial charge on any atom is -0.376 e. The van der Waals surface area contributed by atoms with Crippen molar-refractivity contribution >= 4 is 11.6 Å². The number of aromatic amines is 1. The van der Waals surface area contributed by atoms with Crippen molar-refractivity contribution in [3.63, 3.8) is 0 Å². The lowest BCUT2D eigenvalue weighted by molar-refractivity contribution is -0.0203. The number of aromatic nitrogens is 3. The second kappa shape index (κ2) is 8.52. The molecule has 7 heteroatoms. The van der Waals surface area contributed by atoms with Gasteiger partial charge < -0.3 is 20.4 Å². The van der Waals surface area contributed by atoms with Gasteiger partial charge in [-0.1, -0.05) is 13.8 Å². The molecule has 1 aliphatic heterocycles. The molecule has 2 aromatic heterocycles. The van der Waals surface area contributed by atoms with E-state index >= 15 is 0 Å². The zero-order valence-corrected chi connectivity index (χ0v) is 16.5. The zero-order chi connectivity index (χ0) is 19.4. The summed E-state index contributed by atoms with van der Waals surface area (Å²) in [6.45, 7) is 9.42. The number of nitrogens with one attached hydrogen (secondary N) is 3. The van der Waals surface area contributed by atoms with E-state index < -0.39 is 0 Å². The summed E-state index contributed by atoms with van der Waals surface area (Å²) in [7, 11) is 0. The molecular weight excluding hydrogens is 342 g/mol. The number of anilines is 2. The largest absolute Gasteiger partial charge is 0.376 e. The lowest BCUT2D eigenvalue weighted by Crippen LogP contribution is -2.43. The van der Waals surface area contributed by atoms with Gasteiger partial charge in [0, 0.05) is 30.5 Å². The zero-order valence-electron chi connectivity index (χ0n) is 16.5. The van der Waals surface area contributed by atoms with Crippen LogP contribution in [0.3, 0.4) is 0 Å². The molecule has 0 amide bonds. The minimum atomic E-state index is -0.0634. The van der Waals surface area contributed by atoms with Crippen LogP contribution in [0.15, 0.2) is 23.3 Å². The van der Waals surface area contributed by atoms with E-state index in [1.54, 1.807) is 0 Å². The average Bonchev–Trinajstić information content (AvgIpc) is 2.61. The van der Waals surface area contributed by atoms with Gasteiger partial charge in [-0.2, -0.15) is 0 Å². The molecule has 3 rings (SSSR count). The third-order valence-corrected chi connectivity index (χ3v) is 4.96. The maximum Gasteiger partial charge on any atom is 0.253 e. The maximum atomic E-state index is 12.2. The summed E-state index contributed by atoms with van der Waals surface area (Å²) in [6.07, 6.45) is 3.82. The van der Waals surface area contributed by atoms with Crippen LogP contribution in [0.1, 0.15) is 43.5 Å². The van der Waals surface area contributed by atoms with Crippen molar-refractivity contribution < 1.29 is 4.74 Å². The molecule has 0 spiro atoms. The number of hydrogen-bond donors (Lipinski definition) is 3. The molecule has 1 aliphatic rings. The molecule has 146 valence electrons. The summed E-state index contributed by atoms with van der Waals surface area (Å²) in [4.78, 5) is 23.6. The Kier molecular flexibility index (Phi) is 6.11. The Hall–Kier alpha value is -2.41. The Bertz CT molecular complexity index is 833. The number of ether oxygens (including phenoxy) is 1. The normalized spacial score (nSPS) is 19.9. The number of rotatable bonds is 6. The van der Waals surface area contributed by atoms with E-state index in [2.05, 4.69) is 39.4 Å². The third kappa shape index (κ3) is 4.86. The Morgan fingerprint density at radius 2 is 2.04 bits per heavy atom. The molecule has 7 nitrogen and oxygen atoms in total. The van der Waals surface area contributed by atoms with Crippen molar-refractivity contribution in [1.82, 2.24) is 15.0 Å². The van der Waals surface area contributed by atoms with Gasteiger partial charge in [-0.25, -0.2) is 9.97 Å². The van der Waals surface area contributed by atoms with Gasteiger partial charge in [0.15, 0.2) is 0 Å². The Balaban J connectivity index is 1.68. The smallest absolute Gasteiger partial charge is 0.253 e. The summed E-state index contributed by atoms with van der Waals surface area (Å²) in [6, 6.07) is 4.09. The second-order valence-corrected chi connectivity index (χ2v) is 7.56. The number of aryl methyl sites for hydroxylation is 2. The van der Waals surface area contributed by atoms with Gasteiger partial charge in [0.2, 0.25) is 0 Å². The number of nitrogens with zero attached hydrogens (tertiary/aromatic N) is 2. The number of hydrogen-bond acceptors (Lipinski definition) is 6. The highest BCUT2D eigenvalue weighted by Crippen LogP contribution is 2.24. The molecule has 27 heavy (non-hydrogen) atoms. The summed E-state index contributed by atoms with van der Waals surface area (Å²) < 4.78 is 5.94. The van der Waals surface area contributed by atoms with E-state index in [1.807, 2.05) is 26.0 Å². The molecule has 2 unspecified atom stereocenters. The van der Waals surface area contributed by atoms with Crippen LogP contribution in [-0.4, -0.2) is 33.7 Å². The highest BCUT2D eigenvalue weighted by Gasteiger charge is 2.28. The molecule has 0 aromatic carbocycles. The third-order valence-electron chi connectivity index (χ3n) is 4.96. The van der Waals surface area contributed by atoms with Crippen LogP contribution in [0.2, 0.25) is 0 Å². The van der Waals surface area contributed by atoms with E-state index in [0.29, 0.717) is 23.8 Å². The molecule has 2 atom stereocenters. The molecule has 3 heterocycles. The first-order valence-electron chi connectivity index (χ1n) is 9.57. The first-order chi connectivity index (χ1) is 12.9. The van der Waals surface area contributed by atoms with E-state index in [1.165, 1.54) is 6.33 Å². The van der Waals surface area contributed by atoms with Crippen molar-refractivity contribution in [2.24, 2.45) is 5.92 Å². The quantitative estimate of drug-likeness (QED) is 0.723. The van der Waals surface area contributed by atoms with Crippen LogP contribution in [-0.2, 0) is 11.3 Å². The second-order valence-electron chi connectivity index (χ2n) is 7.56. The fourth-order valence-electron chi connectivity index (χ4n) is 3.62. The molecule has 1 fully saturated rings. The summed E-state index contributed by atoms with van der Waals surface area (Å²) in [5.74, 6) is 1.89. The van der Waals surface area contributed by atoms with E-state index in [0.717, 1.165) is 36.5 Å². The minimum absolute atomic E-state index is 0.0634. The highest BCUT2D eigenvalue weighted by atomic mass is 16.5. The van der Waals surface area contributed by atoms with Gasteiger partial charge in [0.25, 0.3) is 5.56 Å². The molecule has 2 aromatic rings. The molecule has 3 N–H and O–H groups in total. The van der Waals surface area contributed by atoms with Gasteiger partial charge in [0.1, 0.15) is 18.0 Å². The lowest BCUT2D eigenvalue weighted by atomic mass is 9.94. The highest BCUT2D eigenvalue weighted by molar-refractivity contribution is 5.47. The van der Waals surface area contributed by atoms with E-state index in [4.69, 9.17) is 4.74 Å². The van der Waals surface area contributed by atoms with Gasteiger partial charge in [0.05, 0.1) is 12.1 Å². The van der Waals surface area contributed by atoms with E-state index in [9.17, 15) is 4.79 Å². The van der Waals surface area contributed by atoms with Crippen LogP contribution >= 0.6 is 0 Å². The lowest BCUT2D eigenvalue weighted by Gasteiger charge is -2.35. The predicted octanol–water partition coefficient (Wildman–Crippen LogP) is 3.01. The topological polar surface area (TPSA) is 91.9 Å². The van der Waals surface area contributed by atoms with Crippen molar-refractivity contribution in [1.29, 1.82) is 0 Å². The number of H-pyrrole nitrogens is 1. The molecule has 1 saturated heterocycles. The van der Waals surface area contributed by atoms with Crippen molar-refractivity contribution in [2.45, 2.75) is 59.2 Å². The van der Waals surface area contributed by atoms with Crippen LogP contribution in [0, 0.1) is 19.8 Å². The van der Waals surface area contributed by atoms with Crippen LogP contribution in [0.25, 0.3) is 0 Å². The van der Waals surface area contributed by atoms with Crippen LogP contribution in [0.5, 0.6) is 0 Å². The molecule has 0 saturated carbocycles. The first kappa shape index (κ1) is 19.4. The molecule has 0 bridgehead atoms. The number of pyridine rings is 1. The fraction of sp³-hybridized carbons (Fsp3) is 0.550. The standard InChI is InChI=1S/C20H29N5O2/c1-12(2)19-16(6-5-7-27-19)25-18-9-17(22-11-23-18)21-10-15-13(3)8-14(4)24-20(15)26/h8-9,11-12,16,19H,5-7,10H2,1-4H3,(H,24,26)(H2,21,22,23,25). The van der Waals surface area contributed by atoms with Gasteiger partial charge in [-0.05, 0) is 44.2 Å². The van der Waals surface area contributed by atoms with Crippen LogP contribution < -0.4 is 16.2 Å². The van der Waals surface area contributed by atoms with E-state index in [-0.39, 0.29) is 17.7 Å². The fourth-order valence-corrected chi connectivity index (χ4v) is 3.62. The predicted molar refractivity (Wildman–Crippen MR) is 107 cm³/mol. The summed E-state index contributed by atoms with van der Waals surface area (Å²) in [5.41, 5.74) is 2.49. The first-order valence-corrected chi connectivity index (χ1v) is 9.57. The average molecular weight is 371 g/mol. The van der Waals surface area contributed by atoms with Gasteiger partial charge >= 0.3 is 0 Å². The SMILES string of the molecule is Cc1cc(C)c(CNc2cc(NC3CCCOC3C(C)C)ncn2)c(=O)[nH]1. The van der Waals surface area contributed by atoms with Crippen molar-refractivity contribution in [3.05, 3.63) is 45.6 Å². The Morgan fingerprint density at radius 1 is 1.26 bits per heavy atom. The van der Waals surface area contributed by atoms with Crippen LogP contribution in [0.4, 0.5) is 11.6 Å². The Morgan fingerprint density at radius 3 is 2.78 bits per heavy atom. The van der Waals surface area contributed by atoms with Gasteiger partial charge in [-0.3, -0.25) is 4.79 Å². The molecule has 0 aliphatic carbocycles. The van der Waals surface area contributed by atoms with Gasteiger partial charge in [-0.15, -0.1) is 0 Å². The monoisotopic (exact) mass is 371 g/mol. The maximum absolute atomic E-state index is 12.2. The molecule has 0 radical (unpaired) electrons. The Labute approximate surface area is 160 Å². The molecular formula is C20H29N5O2. The van der Waals surface area contributed by atoms with Crippen molar-refractivity contribution in [3.8, 4) is 0 Å². The summed E-state index contributed by atoms with van der Waals surface area (Å²) >= 11 is 0.